The van der Waals surface area contributed by atoms with Crippen molar-refractivity contribution < 1.29 is 9.18 Å². The van der Waals surface area contributed by atoms with Crippen LogP contribution in [0, 0.1) is 18.7 Å². The Morgan fingerprint density at radius 2 is 1.83 bits per heavy atom. The number of rotatable bonds is 6. The average Bonchev–Trinajstić information content (AvgIpc) is 3.61. The number of hydrogen-bond acceptors (Lipinski definition) is 7. The summed E-state index contributed by atoms with van der Waals surface area (Å²) < 4.78 is 14.2. The summed E-state index contributed by atoms with van der Waals surface area (Å²) >= 11 is 0. The second-order valence-corrected chi connectivity index (χ2v) is 10.8. The molecule has 6 heterocycles. The van der Waals surface area contributed by atoms with Crippen molar-refractivity contribution in [3.8, 4) is 33.9 Å². The van der Waals surface area contributed by atoms with Crippen molar-refractivity contribution >= 4 is 33.5 Å². The number of imidazole rings is 1. The second kappa shape index (κ2) is 10.7. The Labute approximate surface area is 240 Å². The third-order valence-electron chi connectivity index (χ3n) is 7.67. The van der Waals surface area contributed by atoms with E-state index in [1.165, 1.54) is 12.1 Å². The number of piperidine rings is 1. The smallest absolute Gasteiger partial charge is 0.224 e. The molecule has 11 heteroatoms. The number of aromatic nitrogens is 7. The third kappa shape index (κ3) is 5.10. The molecule has 1 aromatic carbocycles. The molecule has 0 aliphatic carbocycles. The van der Waals surface area contributed by atoms with Crippen molar-refractivity contribution in [2.75, 3.05) is 18.4 Å². The number of amides is 1. The zero-order valence-electron chi connectivity index (χ0n) is 22.9. The van der Waals surface area contributed by atoms with E-state index in [1.54, 1.807) is 31.0 Å². The first-order valence-electron chi connectivity index (χ1n) is 13.9. The topological polar surface area (TPSA) is 137 Å². The lowest BCUT2D eigenvalue weighted by Crippen LogP contribution is -2.30. The van der Waals surface area contributed by atoms with E-state index in [1.807, 2.05) is 25.1 Å². The van der Waals surface area contributed by atoms with Gasteiger partial charge in [0.2, 0.25) is 5.91 Å². The number of H-pyrrole nitrogens is 2. The van der Waals surface area contributed by atoms with E-state index in [4.69, 9.17) is 4.98 Å². The predicted molar refractivity (Wildman–Crippen MR) is 159 cm³/mol. The van der Waals surface area contributed by atoms with Crippen LogP contribution in [0.5, 0.6) is 0 Å². The monoisotopic (exact) mass is 561 g/mol. The Morgan fingerprint density at radius 1 is 0.976 bits per heavy atom. The van der Waals surface area contributed by atoms with E-state index in [9.17, 15) is 9.18 Å². The summed E-state index contributed by atoms with van der Waals surface area (Å²) in [6, 6.07) is 8.68. The highest BCUT2D eigenvalue weighted by molar-refractivity contribution is 5.97. The number of aromatic amines is 2. The number of fused-ring (bicyclic) bond motifs is 2. The Bertz CT molecular complexity index is 1920. The molecule has 6 aromatic rings. The van der Waals surface area contributed by atoms with Crippen LogP contribution in [0.2, 0.25) is 0 Å². The molecule has 210 valence electrons. The largest absolute Gasteiger partial charge is 0.335 e. The number of benzene rings is 1. The predicted octanol–water partition coefficient (Wildman–Crippen LogP) is 5.40. The molecule has 7 rings (SSSR count). The Hall–Kier alpha value is -5.03. The SMILES string of the molecule is Cc1cc(F)cc(-c2cncc3[nH]c(-c4n[nH]c5cnc(-c6cncc(NC(=O)CC7CCNCC7)c6)cc45)nc23)c1. The molecule has 1 aliphatic heterocycles. The number of hydrogen-bond donors (Lipinski definition) is 4. The molecule has 0 spiro atoms. The fourth-order valence-electron chi connectivity index (χ4n) is 5.61. The van der Waals surface area contributed by atoms with E-state index in [-0.39, 0.29) is 11.7 Å². The molecule has 0 atom stereocenters. The van der Waals surface area contributed by atoms with Gasteiger partial charge in [0.15, 0.2) is 5.82 Å². The average molecular weight is 562 g/mol. The van der Waals surface area contributed by atoms with E-state index < -0.39 is 0 Å². The van der Waals surface area contributed by atoms with Crippen molar-refractivity contribution in [2.45, 2.75) is 26.2 Å². The van der Waals surface area contributed by atoms with E-state index in [0.29, 0.717) is 51.8 Å². The number of anilines is 1. The zero-order valence-corrected chi connectivity index (χ0v) is 22.9. The first-order valence-corrected chi connectivity index (χ1v) is 13.9. The van der Waals surface area contributed by atoms with Crippen LogP contribution in [0.4, 0.5) is 10.1 Å². The standard InChI is InChI=1S/C31H28FN9O/c1-17-6-19(9-21(32)7-17)24-14-35-15-27-29(24)39-31(38-27)30-23-11-25(36-16-26(23)40-41-30)20-10-22(13-34-12-20)37-28(42)8-18-2-4-33-5-3-18/h6-7,9-16,18,33H,2-5,8H2,1H3,(H,37,42)(H,38,39)(H,40,41). The van der Waals surface area contributed by atoms with Crippen LogP contribution in [-0.4, -0.2) is 54.1 Å². The van der Waals surface area contributed by atoms with Gasteiger partial charge in [-0.05, 0) is 74.2 Å². The summed E-state index contributed by atoms with van der Waals surface area (Å²) in [6.45, 7) is 3.77. The fraction of sp³-hybridized carbons (Fsp3) is 0.226. The Balaban J connectivity index is 1.20. The molecule has 42 heavy (non-hydrogen) atoms. The minimum absolute atomic E-state index is 0.00599. The van der Waals surface area contributed by atoms with Gasteiger partial charge >= 0.3 is 0 Å². The molecule has 5 aromatic heterocycles. The molecule has 0 saturated carbocycles. The van der Waals surface area contributed by atoms with Crippen molar-refractivity contribution in [2.24, 2.45) is 5.92 Å². The summed E-state index contributed by atoms with van der Waals surface area (Å²) in [5, 5.41) is 14.7. The highest BCUT2D eigenvalue weighted by Crippen LogP contribution is 2.33. The van der Waals surface area contributed by atoms with Gasteiger partial charge in [-0.1, -0.05) is 6.07 Å². The van der Waals surface area contributed by atoms with Crippen LogP contribution in [0.1, 0.15) is 24.8 Å². The molecule has 0 radical (unpaired) electrons. The number of nitrogens with one attached hydrogen (secondary N) is 4. The third-order valence-corrected chi connectivity index (χ3v) is 7.67. The van der Waals surface area contributed by atoms with Crippen molar-refractivity contribution in [1.82, 2.24) is 40.4 Å². The van der Waals surface area contributed by atoms with Crippen LogP contribution < -0.4 is 10.6 Å². The van der Waals surface area contributed by atoms with Crippen LogP contribution in [0.25, 0.3) is 55.8 Å². The molecular weight excluding hydrogens is 533 g/mol. The maximum atomic E-state index is 14.2. The van der Waals surface area contributed by atoms with Crippen LogP contribution >= 0.6 is 0 Å². The van der Waals surface area contributed by atoms with Gasteiger partial charge in [-0.15, -0.1) is 0 Å². The Kier molecular flexibility index (Phi) is 6.63. The van der Waals surface area contributed by atoms with Crippen molar-refractivity contribution in [3.05, 3.63) is 72.7 Å². The van der Waals surface area contributed by atoms with Gasteiger partial charge < -0.3 is 15.6 Å². The molecule has 1 aliphatic rings. The first-order chi connectivity index (χ1) is 20.5. The molecule has 10 nitrogen and oxygen atoms in total. The molecule has 1 saturated heterocycles. The van der Waals surface area contributed by atoms with Crippen molar-refractivity contribution in [3.63, 3.8) is 0 Å². The van der Waals surface area contributed by atoms with Crippen LogP contribution in [-0.2, 0) is 4.79 Å². The summed E-state index contributed by atoms with van der Waals surface area (Å²) in [4.78, 5) is 34.1. The fourth-order valence-corrected chi connectivity index (χ4v) is 5.61. The van der Waals surface area contributed by atoms with Crippen molar-refractivity contribution in [1.29, 1.82) is 0 Å². The number of aryl methyl sites for hydroxylation is 1. The van der Waals surface area contributed by atoms with Gasteiger partial charge in [-0.25, -0.2) is 9.37 Å². The minimum Gasteiger partial charge on any atom is -0.335 e. The molecule has 4 N–H and O–H groups in total. The lowest BCUT2D eigenvalue weighted by molar-refractivity contribution is -0.117. The number of carbonyl (C=O) groups is 1. The molecule has 1 amide bonds. The van der Waals surface area contributed by atoms with Crippen LogP contribution in [0.3, 0.4) is 0 Å². The maximum Gasteiger partial charge on any atom is 0.224 e. The lowest BCUT2D eigenvalue weighted by Gasteiger charge is -2.21. The zero-order chi connectivity index (χ0) is 28.6. The number of pyridine rings is 3. The van der Waals surface area contributed by atoms with Gasteiger partial charge in [0.05, 0.1) is 46.5 Å². The highest BCUT2D eigenvalue weighted by Gasteiger charge is 2.19. The van der Waals surface area contributed by atoms with E-state index in [2.05, 4.69) is 40.8 Å². The first kappa shape index (κ1) is 25.9. The van der Waals surface area contributed by atoms with E-state index >= 15 is 0 Å². The summed E-state index contributed by atoms with van der Waals surface area (Å²) in [6.07, 6.45) is 11.0. The highest BCUT2D eigenvalue weighted by atomic mass is 19.1. The number of halogens is 1. The minimum atomic E-state index is -0.309. The normalized spacial score (nSPS) is 14.0. The second-order valence-electron chi connectivity index (χ2n) is 10.8. The van der Waals surface area contributed by atoms with E-state index in [0.717, 1.165) is 53.5 Å². The summed E-state index contributed by atoms with van der Waals surface area (Å²) in [5.74, 6) is 0.631. The molecular formula is C31H28FN9O. The molecule has 0 bridgehead atoms. The molecule has 0 unspecified atom stereocenters. The van der Waals surface area contributed by atoms with Crippen LogP contribution in [0.15, 0.2) is 61.3 Å². The lowest BCUT2D eigenvalue weighted by atomic mass is 9.94. The Morgan fingerprint density at radius 3 is 2.69 bits per heavy atom. The molecule has 1 fully saturated rings. The van der Waals surface area contributed by atoms with Gasteiger partial charge in [0.25, 0.3) is 0 Å². The number of carbonyl (C=O) groups excluding carboxylic acids is 1. The summed E-state index contributed by atoms with van der Waals surface area (Å²) in [7, 11) is 0. The summed E-state index contributed by atoms with van der Waals surface area (Å²) in [5.41, 5.74) is 7.07. The van der Waals surface area contributed by atoms with Gasteiger partial charge in [0.1, 0.15) is 11.5 Å². The van der Waals surface area contributed by atoms with Gasteiger partial charge in [-0.2, -0.15) is 5.10 Å². The number of nitrogens with zero attached hydrogens (tertiary/aromatic N) is 5. The van der Waals surface area contributed by atoms with Gasteiger partial charge in [0, 0.05) is 35.3 Å². The maximum absolute atomic E-state index is 14.2. The van der Waals surface area contributed by atoms with Gasteiger partial charge in [-0.3, -0.25) is 24.8 Å². The quantitative estimate of drug-likeness (QED) is 0.214.